The monoisotopic (exact) mass is 1070 g/mol. The van der Waals surface area contributed by atoms with Crippen LogP contribution in [0.25, 0.3) is 33.4 Å². The Bertz CT molecular complexity index is 2840. The molecule has 18 nitrogen and oxygen atoms in total. The van der Waals surface area contributed by atoms with Gasteiger partial charge in [-0.15, -0.1) is 0 Å². The third-order valence-corrected chi connectivity index (χ3v) is 10.6. The molecule has 71 heavy (non-hydrogen) atoms. The summed E-state index contributed by atoms with van der Waals surface area (Å²) in [5, 5.41) is 61.9. The van der Waals surface area contributed by atoms with Gasteiger partial charge in [-0.2, -0.15) is 0 Å². The quantitative estimate of drug-likeness (QED) is 0.0126. The first-order valence-corrected chi connectivity index (χ1v) is 21.0. The summed E-state index contributed by atoms with van der Waals surface area (Å²) in [6.45, 7) is -3.68. The number of aliphatic imine (C=N–C) groups is 1. The van der Waals surface area contributed by atoms with E-state index >= 15 is 0 Å². The number of anilines is 4. The molecule has 0 amide bonds. The second-order valence-corrected chi connectivity index (χ2v) is 16.0. The zero-order chi connectivity index (χ0) is 48.4. The van der Waals surface area contributed by atoms with Gasteiger partial charge in [-0.25, -0.2) is 4.58 Å². The molecule has 0 bridgehead atoms. The van der Waals surface area contributed by atoms with Gasteiger partial charge in [-0.3, -0.25) is 0 Å². The molecular weight excluding hydrogens is 1020 g/mol. The predicted octanol–water partition coefficient (Wildman–Crippen LogP) is -13.5. The predicted molar refractivity (Wildman–Crippen MR) is 242 cm³/mol. The van der Waals surface area contributed by atoms with Gasteiger partial charge in [0.15, 0.2) is 0 Å². The van der Waals surface area contributed by atoms with Crippen LogP contribution in [0.3, 0.4) is 0 Å². The van der Waals surface area contributed by atoms with Crippen LogP contribution in [0.4, 0.5) is 22.7 Å². The number of nitrogen functional groups attached to an aromatic ring is 1. The van der Waals surface area contributed by atoms with Gasteiger partial charge in [-0.1, -0.05) is 24.3 Å². The van der Waals surface area contributed by atoms with Gasteiger partial charge in [0.05, 0.1) is 67.5 Å². The van der Waals surface area contributed by atoms with Crippen molar-refractivity contribution in [2.75, 3.05) is 94.6 Å². The number of hydrogen-bond acceptors (Lipinski definition) is 17. The van der Waals surface area contributed by atoms with Crippen LogP contribution in [0.1, 0.15) is 11.1 Å². The molecule has 2 N–H and O–H groups in total. The Morgan fingerprint density at radius 2 is 1.23 bits per heavy atom. The molecule has 0 unspecified atom stereocenters. The number of nitrogens with two attached hydrogens (primary N) is 1. The minimum Gasteiger partial charge on any atom is -0.862 e. The third-order valence-electron chi connectivity index (χ3n) is 10.6. The summed E-state index contributed by atoms with van der Waals surface area (Å²) in [6.07, 6.45) is 0.296. The van der Waals surface area contributed by atoms with Crippen LogP contribution in [-0.4, -0.2) is 104 Å². The van der Waals surface area contributed by atoms with E-state index in [1.807, 2.05) is 86.2 Å². The van der Waals surface area contributed by atoms with E-state index in [4.69, 9.17) is 19.6 Å². The van der Waals surface area contributed by atoms with Crippen LogP contribution >= 0.6 is 0 Å². The van der Waals surface area contributed by atoms with Crippen molar-refractivity contribution in [1.82, 2.24) is 4.58 Å². The first kappa shape index (κ1) is 65.4. The Hall–Kier alpha value is -1.73. The molecule has 0 atom stereocenters. The van der Waals surface area contributed by atoms with Crippen molar-refractivity contribution in [3.05, 3.63) is 114 Å². The topological polar surface area (TPSA) is 266 Å². The minimum atomic E-state index is -1.59. The molecule has 350 valence electrons. The summed E-state index contributed by atoms with van der Waals surface area (Å²) in [5.74, 6) is -6.12. The molecule has 4 aromatic carbocycles. The molecule has 0 fully saturated rings. The van der Waals surface area contributed by atoms with E-state index in [0.29, 0.717) is 34.6 Å². The number of carbonyl (C=O) groups excluding carboxylic acids is 4. The van der Waals surface area contributed by atoms with Crippen molar-refractivity contribution in [3.8, 4) is 33.9 Å². The van der Waals surface area contributed by atoms with Crippen molar-refractivity contribution in [1.29, 1.82) is 0 Å². The Balaban J connectivity index is 0.00000432. The van der Waals surface area contributed by atoms with Gasteiger partial charge >= 0.3 is 206 Å². The fourth-order valence-corrected chi connectivity index (χ4v) is 7.43. The number of rotatable bonds is 22. The number of hydrogen-bond donors (Lipinski definition) is 1. The fourth-order valence-electron chi connectivity index (χ4n) is 7.43. The Kier molecular flexibility index (Phi) is 28.9. The maximum Gasteiger partial charge on any atom is 1.00 e. The van der Waals surface area contributed by atoms with E-state index in [1.54, 1.807) is 30.3 Å². The van der Waals surface area contributed by atoms with E-state index in [0.717, 1.165) is 42.9 Å². The Morgan fingerprint density at radius 1 is 0.648 bits per heavy atom. The maximum absolute atomic E-state index is 12.9. The van der Waals surface area contributed by atoms with Crippen molar-refractivity contribution in [2.24, 2.45) is 4.99 Å². The molecular formula is C49H48K4N6O12. The third kappa shape index (κ3) is 19.1. The summed E-state index contributed by atoms with van der Waals surface area (Å²) < 4.78 is 20.7. The molecule has 2 aliphatic rings. The summed E-state index contributed by atoms with van der Waals surface area (Å²) in [7, 11) is 7.63. The first-order chi connectivity index (χ1) is 31.9. The Labute approximate surface area is 581 Å². The van der Waals surface area contributed by atoms with Gasteiger partial charge in [0.2, 0.25) is 5.36 Å². The number of benzene rings is 5. The molecule has 1 aliphatic heterocycles. The van der Waals surface area contributed by atoms with Crippen molar-refractivity contribution < 1.29 is 264 Å². The standard InChI is InChI=1S/C49H52N6O12.4K/c1-52(2)34-11-13-36-41(24-34)67-42-25-35(53(3)4)12-14-37(42)49(36)32-8-15-38(54(26-45(57)58)27-46(59)60)43(23-32)66-20-19-65-40-16-7-31(21-39(40)55(28-47(61)62)29-48(63)64)22-44(56)51-18-17-30-5-9-33(50)10-6-30;;;;/h5-16,21,23-25H,17-20,22,26-29,50H2,1-4H3,(H4-,51,56,57,58,59,60,61,62,63,64);;;;/q;4*+1/p-4. The molecule has 6 rings (SSSR count). The van der Waals surface area contributed by atoms with E-state index in [9.17, 15) is 44.7 Å². The van der Waals surface area contributed by atoms with Crippen molar-refractivity contribution in [3.63, 3.8) is 0 Å². The van der Waals surface area contributed by atoms with Crippen LogP contribution in [-0.2, 0) is 32.0 Å². The largest absolute Gasteiger partial charge is 1.00 e. The van der Waals surface area contributed by atoms with E-state index in [2.05, 4.69) is 4.99 Å². The van der Waals surface area contributed by atoms with Crippen LogP contribution < -0.4 is 271 Å². The maximum atomic E-state index is 12.9. The number of ether oxygens (including phenoxy) is 2. The van der Waals surface area contributed by atoms with E-state index < -0.39 is 56.0 Å². The summed E-state index contributed by atoms with van der Waals surface area (Å²) in [5.41, 5.74) is 11.3. The molecule has 22 heteroatoms. The number of aliphatic carboxylic acids is 4. The van der Waals surface area contributed by atoms with Crippen LogP contribution in [0.2, 0.25) is 0 Å². The first-order valence-electron chi connectivity index (χ1n) is 21.0. The number of carbonyl (C=O) groups is 4. The molecule has 1 aliphatic carbocycles. The van der Waals surface area contributed by atoms with Gasteiger partial charge in [0.25, 0.3) is 0 Å². The number of nitrogens with zero attached hydrogens (tertiary/aromatic N) is 5. The van der Waals surface area contributed by atoms with Crippen LogP contribution in [0.15, 0.2) is 106 Å². The van der Waals surface area contributed by atoms with Gasteiger partial charge in [0.1, 0.15) is 50.2 Å². The zero-order valence-corrected chi connectivity index (χ0v) is 53.8. The number of carboxylic acids is 4. The van der Waals surface area contributed by atoms with Crippen molar-refractivity contribution >= 4 is 63.5 Å². The number of fused-ring (bicyclic) bond motifs is 2. The second-order valence-electron chi connectivity index (χ2n) is 16.0. The SMILES string of the molecule is CN(C)c1ccc2c(-c3ccc(N(CC(=O)[O-])CC(=O)[O-])c(OCCOc4ccc(CC([O-])=NCCc5ccc(N)cc5)cc4N(CC(=O)[O-])CC(=O)[O-])c3)c3ccc(=[N+](C)C)cc-3oc2c1.[K+].[K+].[K+].[K+]. The molecule has 0 saturated heterocycles. The van der Waals surface area contributed by atoms with Gasteiger partial charge < -0.3 is 84.0 Å². The van der Waals surface area contributed by atoms with Gasteiger partial charge in [-0.05, 0) is 83.6 Å². The zero-order valence-electron chi connectivity index (χ0n) is 41.3. The molecule has 1 heterocycles. The summed E-state index contributed by atoms with van der Waals surface area (Å²) in [4.78, 5) is 55.4. The summed E-state index contributed by atoms with van der Waals surface area (Å²) in [6, 6.07) is 28.0. The average molecular weight is 1070 g/mol. The minimum absolute atomic E-state index is 0. The smallest absolute Gasteiger partial charge is 0.862 e. The summed E-state index contributed by atoms with van der Waals surface area (Å²) >= 11 is 0. The van der Waals surface area contributed by atoms with Crippen LogP contribution in [0, 0.1) is 0 Å². The normalized spacial score (nSPS) is 10.7. The average Bonchev–Trinajstić information content (AvgIpc) is 3.26. The molecule has 0 saturated carbocycles. The second kappa shape index (κ2) is 31.3. The van der Waals surface area contributed by atoms with E-state index in [-0.39, 0.29) is 255 Å². The number of carboxylic acid groups (broad SMARTS) is 4. The molecule has 0 spiro atoms. The van der Waals surface area contributed by atoms with Crippen LogP contribution in [0.5, 0.6) is 11.5 Å². The van der Waals surface area contributed by atoms with E-state index in [1.165, 1.54) is 18.2 Å². The Morgan fingerprint density at radius 3 is 1.80 bits per heavy atom. The molecule has 4 aromatic rings. The molecule has 0 aromatic heterocycles. The van der Waals surface area contributed by atoms with Crippen molar-refractivity contribution in [2.45, 2.75) is 12.8 Å². The molecule has 0 radical (unpaired) electrons. The fraction of sp³-hybridized carbons (Fsp3) is 0.265. The van der Waals surface area contributed by atoms with Gasteiger partial charge in [0, 0.05) is 67.1 Å².